The number of methoxy groups -OCH3 is 1. The third-order valence-electron chi connectivity index (χ3n) is 5.49. The van der Waals surface area contributed by atoms with E-state index in [4.69, 9.17) is 37.9 Å². The topological polar surface area (TPSA) is 205 Å². The monoisotopic (exact) mass is 619 g/mol. The molecule has 0 aromatic carbocycles. The van der Waals surface area contributed by atoms with Gasteiger partial charge >= 0.3 is 41.9 Å². The molecule has 0 aromatic rings. The molecule has 16 nitrogen and oxygen atoms in total. The van der Waals surface area contributed by atoms with E-state index in [9.17, 15) is 33.6 Å². The second-order valence-electron chi connectivity index (χ2n) is 10.5. The SMILES string of the molecule is COC(=O)[C@H](CCCCC(=O)OC[C@H]1O[C@@H](OC(C)=O)[C@H](OC(C)=O)[C@@H](OC(C)=O)[C@@H]1OC(C)=O)NC(=O)OC(C)(C)C. The van der Waals surface area contributed by atoms with Gasteiger partial charge in [-0.2, -0.15) is 0 Å². The molecule has 1 aliphatic rings. The zero-order valence-electron chi connectivity index (χ0n) is 25.6. The first kappa shape index (κ1) is 37.1. The minimum atomic E-state index is -1.59. The molecular formula is C27H41NO15. The van der Waals surface area contributed by atoms with Gasteiger partial charge in [0, 0.05) is 34.1 Å². The fourth-order valence-corrected chi connectivity index (χ4v) is 3.95. The molecule has 1 N–H and O–H groups in total. The molecular weight excluding hydrogens is 578 g/mol. The van der Waals surface area contributed by atoms with Crippen LogP contribution >= 0.6 is 0 Å². The number of carbonyl (C=O) groups is 7. The molecule has 1 aliphatic heterocycles. The lowest BCUT2D eigenvalue weighted by molar-refractivity contribution is -0.300. The van der Waals surface area contributed by atoms with Crippen molar-refractivity contribution in [2.24, 2.45) is 0 Å². The van der Waals surface area contributed by atoms with E-state index in [2.05, 4.69) is 5.32 Å². The van der Waals surface area contributed by atoms with E-state index in [-0.39, 0.29) is 19.3 Å². The summed E-state index contributed by atoms with van der Waals surface area (Å²) in [5.74, 6) is -4.67. The van der Waals surface area contributed by atoms with Crippen molar-refractivity contribution in [2.75, 3.05) is 13.7 Å². The Kier molecular flexibility index (Phi) is 14.9. The number of carbonyl (C=O) groups excluding carboxylic acids is 7. The van der Waals surface area contributed by atoms with Gasteiger partial charge in [0.25, 0.3) is 0 Å². The predicted molar refractivity (Wildman–Crippen MR) is 142 cm³/mol. The van der Waals surface area contributed by atoms with Gasteiger partial charge in [-0.1, -0.05) is 6.42 Å². The summed E-state index contributed by atoms with van der Waals surface area (Å²) in [7, 11) is 1.17. The predicted octanol–water partition coefficient (Wildman–Crippen LogP) is 1.24. The normalized spacial score (nSPS) is 22.2. The number of esters is 6. The second-order valence-corrected chi connectivity index (χ2v) is 10.5. The highest BCUT2D eigenvalue weighted by molar-refractivity contribution is 5.81. The third kappa shape index (κ3) is 14.2. The molecule has 43 heavy (non-hydrogen) atoms. The fraction of sp³-hybridized carbons (Fsp3) is 0.741. The number of ether oxygens (including phenoxy) is 8. The van der Waals surface area contributed by atoms with E-state index < -0.39 is 90.9 Å². The first-order valence-corrected chi connectivity index (χ1v) is 13.5. The van der Waals surface area contributed by atoms with Gasteiger partial charge in [0.05, 0.1) is 7.11 Å². The summed E-state index contributed by atoms with van der Waals surface area (Å²) in [6.07, 6.45) is -7.47. The van der Waals surface area contributed by atoms with Gasteiger partial charge in [-0.15, -0.1) is 0 Å². The van der Waals surface area contributed by atoms with Gasteiger partial charge in [0.1, 0.15) is 24.4 Å². The van der Waals surface area contributed by atoms with Crippen LogP contribution in [0.1, 0.15) is 74.1 Å². The van der Waals surface area contributed by atoms with Gasteiger partial charge in [0.2, 0.25) is 12.4 Å². The Morgan fingerprint density at radius 2 is 1.30 bits per heavy atom. The standard InChI is InChI=1S/C27H41NO15/c1-14(29)38-21-19(42-25(41-17(4)32)23(40-16(3)31)22(21)39-15(2)30)13-37-20(33)12-10-9-11-18(24(34)36-8)28-26(35)43-27(5,6)7/h18-19,21-23,25H,9-13H2,1-8H3,(H,28,35)/t18-,19+,21+,22-,23+,25+/m0/s1. The lowest BCUT2D eigenvalue weighted by Crippen LogP contribution is -2.63. The number of amides is 1. The van der Waals surface area contributed by atoms with E-state index >= 15 is 0 Å². The van der Waals surface area contributed by atoms with Crippen molar-refractivity contribution in [2.45, 2.75) is 116 Å². The summed E-state index contributed by atoms with van der Waals surface area (Å²) in [5.41, 5.74) is -0.775. The number of rotatable bonds is 13. The number of alkyl carbamates (subject to hydrolysis) is 1. The molecule has 6 atom stereocenters. The van der Waals surface area contributed by atoms with Crippen LogP contribution in [0.4, 0.5) is 4.79 Å². The Hall–Kier alpha value is -3.95. The van der Waals surface area contributed by atoms with Crippen molar-refractivity contribution >= 4 is 41.9 Å². The van der Waals surface area contributed by atoms with Crippen molar-refractivity contribution in [3.8, 4) is 0 Å². The number of hydrogen-bond donors (Lipinski definition) is 1. The molecule has 1 rings (SSSR count). The lowest BCUT2D eigenvalue weighted by Gasteiger charge is -2.43. The van der Waals surface area contributed by atoms with Crippen LogP contribution in [0, 0.1) is 0 Å². The van der Waals surface area contributed by atoms with Crippen LogP contribution in [0.3, 0.4) is 0 Å². The fourth-order valence-electron chi connectivity index (χ4n) is 3.95. The average Bonchev–Trinajstić information content (AvgIpc) is 2.85. The molecule has 1 fully saturated rings. The maximum absolute atomic E-state index is 12.5. The summed E-state index contributed by atoms with van der Waals surface area (Å²) < 4.78 is 41.7. The summed E-state index contributed by atoms with van der Waals surface area (Å²) in [4.78, 5) is 83.8. The van der Waals surface area contributed by atoms with Crippen LogP contribution in [-0.4, -0.2) is 98.0 Å². The van der Waals surface area contributed by atoms with Crippen LogP contribution in [0.25, 0.3) is 0 Å². The van der Waals surface area contributed by atoms with Gasteiger partial charge in [-0.05, 0) is 33.6 Å². The Morgan fingerprint density at radius 3 is 1.81 bits per heavy atom. The van der Waals surface area contributed by atoms with Crippen molar-refractivity contribution in [3.63, 3.8) is 0 Å². The summed E-state index contributed by atoms with van der Waals surface area (Å²) in [5, 5.41) is 2.44. The second kappa shape index (κ2) is 17.2. The number of hydrogen-bond acceptors (Lipinski definition) is 15. The molecule has 0 aromatic heterocycles. The van der Waals surface area contributed by atoms with Crippen LogP contribution in [0.5, 0.6) is 0 Å². The van der Waals surface area contributed by atoms with Crippen LogP contribution in [0.2, 0.25) is 0 Å². The molecule has 0 spiro atoms. The summed E-state index contributed by atoms with van der Waals surface area (Å²) in [6, 6.07) is -1.00. The highest BCUT2D eigenvalue weighted by Crippen LogP contribution is 2.30. The number of unbranched alkanes of at least 4 members (excludes halogenated alkanes) is 1. The zero-order chi connectivity index (χ0) is 32.9. The van der Waals surface area contributed by atoms with Gasteiger partial charge in [0.15, 0.2) is 12.2 Å². The van der Waals surface area contributed by atoms with Crippen molar-refractivity contribution in [1.82, 2.24) is 5.32 Å². The highest BCUT2D eigenvalue weighted by atomic mass is 16.7. The maximum Gasteiger partial charge on any atom is 0.408 e. The smallest absolute Gasteiger partial charge is 0.408 e. The Morgan fingerprint density at radius 1 is 0.767 bits per heavy atom. The minimum absolute atomic E-state index is 0.109. The largest absolute Gasteiger partial charge is 0.467 e. The van der Waals surface area contributed by atoms with Gasteiger partial charge in [-0.25, -0.2) is 9.59 Å². The van der Waals surface area contributed by atoms with E-state index in [1.165, 1.54) is 7.11 Å². The first-order valence-electron chi connectivity index (χ1n) is 13.5. The van der Waals surface area contributed by atoms with Gasteiger partial charge in [-0.3, -0.25) is 24.0 Å². The maximum atomic E-state index is 12.5. The van der Waals surface area contributed by atoms with E-state index in [1.807, 2.05) is 0 Å². The minimum Gasteiger partial charge on any atom is -0.467 e. The van der Waals surface area contributed by atoms with Crippen LogP contribution in [0.15, 0.2) is 0 Å². The zero-order valence-corrected chi connectivity index (χ0v) is 25.6. The Bertz CT molecular complexity index is 1020. The molecule has 0 unspecified atom stereocenters. The molecule has 0 bridgehead atoms. The molecule has 0 aliphatic carbocycles. The lowest BCUT2D eigenvalue weighted by atomic mass is 9.98. The molecule has 1 heterocycles. The van der Waals surface area contributed by atoms with Crippen molar-refractivity contribution in [3.05, 3.63) is 0 Å². The Balaban J connectivity index is 2.89. The molecule has 0 radical (unpaired) electrons. The molecule has 1 amide bonds. The number of nitrogens with one attached hydrogen (secondary N) is 1. The van der Waals surface area contributed by atoms with Crippen LogP contribution < -0.4 is 5.32 Å². The Labute approximate surface area is 249 Å². The van der Waals surface area contributed by atoms with E-state index in [1.54, 1.807) is 20.8 Å². The quantitative estimate of drug-likeness (QED) is 0.175. The highest BCUT2D eigenvalue weighted by Gasteiger charge is 2.53. The molecule has 0 saturated carbocycles. The molecule has 16 heteroatoms. The first-order chi connectivity index (χ1) is 19.9. The average molecular weight is 620 g/mol. The van der Waals surface area contributed by atoms with Crippen molar-refractivity contribution < 1.29 is 71.5 Å². The third-order valence-corrected chi connectivity index (χ3v) is 5.49. The summed E-state index contributed by atoms with van der Waals surface area (Å²) >= 11 is 0. The van der Waals surface area contributed by atoms with Gasteiger partial charge < -0.3 is 43.2 Å². The van der Waals surface area contributed by atoms with E-state index in [0.717, 1.165) is 27.7 Å². The van der Waals surface area contributed by atoms with Crippen LogP contribution in [-0.2, 0) is 66.7 Å². The molecule has 244 valence electrons. The molecule has 1 saturated heterocycles. The van der Waals surface area contributed by atoms with E-state index in [0.29, 0.717) is 6.42 Å². The summed E-state index contributed by atoms with van der Waals surface area (Å²) in [6.45, 7) is 8.75. The van der Waals surface area contributed by atoms with Crippen molar-refractivity contribution in [1.29, 1.82) is 0 Å².